The van der Waals surface area contributed by atoms with E-state index in [0.717, 1.165) is 58.3 Å². The van der Waals surface area contributed by atoms with E-state index in [2.05, 4.69) is 31.4 Å². The quantitative estimate of drug-likeness (QED) is 0.111. The molecule has 4 fully saturated rings. The van der Waals surface area contributed by atoms with Gasteiger partial charge in [-0.25, -0.2) is 4.18 Å². The monoisotopic (exact) mass is 627 g/mol. The van der Waals surface area contributed by atoms with Crippen molar-refractivity contribution in [2.45, 2.75) is 136 Å². The van der Waals surface area contributed by atoms with Crippen molar-refractivity contribution in [3.8, 4) is 0 Å². The molecule has 11 atom stereocenters. The van der Waals surface area contributed by atoms with Crippen LogP contribution in [-0.4, -0.2) is 62.5 Å². The first-order valence-electron chi connectivity index (χ1n) is 17.8. The van der Waals surface area contributed by atoms with E-state index >= 15 is 0 Å². The van der Waals surface area contributed by atoms with Crippen LogP contribution < -0.4 is 16.4 Å². The minimum atomic E-state index is -4.45. The van der Waals surface area contributed by atoms with Crippen molar-refractivity contribution in [3.63, 3.8) is 0 Å². The van der Waals surface area contributed by atoms with Gasteiger partial charge in [0.25, 0.3) is 0 Å². The molecule has 0 bridgehead atoms. The number of aliphatic hydroxyl groups is 1. The van der Waals surface area contributed by atoms with Crippen LogP contribution in [0.4, 0.5) is 0 Å². The standard InChI is InChI=1S/C34H65N3O5S/c1-23(2)31(42-43(39,40)41)12-9-24(3)27-10-11-28-32-29(14-16-34(27,28)5)33(4)15-13-26(21-25(33)22-30(32)38)37-20-8-19-36-18-7-6-17-35/h23-32,36-38H,6-22,35H2,1-5H3,(H,39,40,41)/t24-,25-,26+,27-,28+,29+,30?,31-,32?,33+,34-/m1/s1. The number of nitrogens with one attached hydrogen (secondary N) is 2. The van der Waals surface area contributed by atoms with Crippen LogP contribution in [0.1, 0.15) is 118 Å². The lowest BCUT2D eigenvalue weighted by Gasteiger charge is -2.62. The number of unbranched alkanes of at least 4 members (excludes halogenated alkanes) is 1. The van der Waals surface area contributed by atoms with Gasteiger partial charge in [0, 0.05) is 6.04 Å². The first-order valence-corrected chi connectivity index (χ1v) is 19.1. The van der Waals surface area contributed by atoms with Crippen LogP contribution in [0, 0.1) is 52.3 Å². The molecular weight excluding hydrogens is 562 g/mol. The molecule has 0 aromatic heterocycles. The van der Waals surface area contributed by atoms with Crippen LogP contribution in [0.15, 0.2) is 0 Å². The van der Waals surface area contributed by atoms with Crippen LogP contribution in [0.5, 0.6) is 0 Å². The van der Waals surface area contributed by atoms with Gasteiger partial charge in [0.1, 0.15) is 0 Å². The molecule has 2 unspecified atom stereocenters. The highest BCUT2D eigenvalue weighted by molar-refractivity contribution is 7.80. The van der Waals surface area contributed by atoms with E-state index in [1.807, 2.05) is 13.8 Å². The topological polar surface area (TPSA) is 134 Å². The van der Waals surface area contributed by atoms with Gasteiger partial charge < -0.3 is 21.5 Å². The van der Waals surface area contributed by atoms with E-state index in [1.165, 1.54) is 44.9 Å². The van der Waals surface area contributed by atoms with Crippen LogP contribution in [0.25, 0.3) is 0 Å². The molecule has 4 rings (SSSR count). The van der Waals surface area contributed by atoms with Crippen LogP contribution >= 0.6 is 0 Å². The Balaban J connectivity index is 1.32. The third-order valence-corrected chi connectivity index (χ3v) is 13.6. The Labute approximate surface area is 263 Å². The molecule has 4 aliphatic carbocycles. The summed E-state index contributed by atoms with van der Waals surface area (Å²) in [5.74, 6) is 3.21. The molecule has 0 radical (unpaired) electrons. The summed E-state index contributed by atoms with van der Waals surface area (Å²) < 4.78 is 37.1. The highest BCUT2D eigenvalue weighted by atomic mass is 32.3. The summed E-state index contributed by atoms with van der Waals surface area (Å²) >= 11 is 0. The summed E-state index contributed by atoms with van der Waals surface area (Å²) in [5.41, 5.74) is 6.13. The van der Waals surface area contributed by atoms with Crippen LogP contribution in [0.3, 0.4) is 0 Å². The average Bonchev–Trinajstić information content (AvgIpc) is 3.29. The molecular formula is C34H65N3O5S. The summed E-state index contributed by atoms with van der Waals surface area (Å²) in [7, 11) is -4.45. The fourth-order valence-electron chi connectivity index (χ4n) is 10.7. The van der Waals surface area contributed by atoms with E-state index in [9.17, 15) is 18.1 Å². The molecule has 0 heterocycles. The molecule has 0 aliphatic heterocycles. The van der Waals surface area contributed by atoms with Gasteiger partial charge in [0.05, 0.1) is 12.2 Å². The average molecular weight is 628 g/mol. The third-order valence-electron chi connectivity index (χ3n) is 13.1. The first kappa shape index (κ1) is 35.6. The molecule has 43 heavy (non-hydrogen) atoms. The van der Waals surface area contributed by atoms with E-state index in [-0.39, 0.29) is 17.4 Å². The second-order valence-electron chi connectivity index (χ2n) is 15.9. The van der Waals surface area contributed by atoms with E-state index in [0.29, 0.717) is 53.4 Å². The van der Waals surface area contributed by atoms with Gasteiger partial charge >= 0.3 is 10.4 Å². The van der Waals surface area contributed by atoms with E-state index < -0.39 is 16.5 Å². The fourth-order valence-corrected chi connectivity index (χ4v) is 11.3. The number of hydrogen-bond acceptors (Lipinski definition) is 7. The number of hydrogen-bond donors (Lipinski definition) is 5. The van der Waals surface area contributed by atoms with Crippen molar-refractivity contribution >= 4 is 10.4 Å². The Morgan fingerprint density at radius 1 is 0.907 bits per heavy atom. The smallest absolute Gasteiger partial charge is 0.393 e. The van der Waals surface area contributed by atoms with E-state index in [1.54, 1.807) is 0 Å². The highest BCUT2D eigenvalue weighted by Gasteiger charge is 2.62. The normalized spacial score (nSPS) is 39.2. The summed E-state index contributed by atoms with van der Waals surface area (Å²) in [6.45, 7) is 15.3. The predicted octanol–water partition coefficient (Wildman–Crippen LogP) is 5.55. The Morgan fingerprint density at radius 2 is 1.60 bits per heavy atom. The second-order valence-corrected chi connectivity index (χ2v) is 17.0. The summed E-state index contributed by atoms with van der Waals surface area (Å²) in [6.07, 6.45) is 13.7. The summed E-state index contributed by atoms with van der Waals surface area (Å²) in [5, 5.41) is 19.2. The number of fused-ring (bicyclic) bond motifs is 5. The van der Waals surface area contributed by atoms with Crippen LogP contribution in [0.2, 0.25) is 0 Å². The minimum Gasteiger partial charge on any atom is -0.393 e. The minimum absolute atomic E-state index is 0.0152. The van der Waals surface area contributed by atoms with Crippen molar-refractivity contribution in [3.05, 3.63) is 0 Å². The predicted molar refractivity (Wildman–Crippen MR) is 174 cm³/mol. The number of nitrogens with two attached hydrogens (primary N) is 1. The Bertz CT molecular complexity index is 981. The molecule has 0 saturated heterocycles. The number of rotatable bonds is 16. The largest absolute Gasteiger partial charge is 0.397 e. The highest BCUT2D eigenvalue weighted by Crippen LogP contribution is 2.68. The molecule has 252 valence electrons. The molecule has 0 amide bonds. The van der Waals surface area contributed by atoms with Gasteiger partial charge in [0.2, 0.25) is 0 Å². The third kappa shape index (κ3) is 8.36. The summed E-state index contributed by atoms with van der Waals surface area (Å²) in [4.78, 5) is 0. The first-order chi connectivity index (χ1) is 20.3. The fraction of sp³-hybridized carbons (Fsp3) is 1.00. The Morgan fingerprint density at radius 3 is 2.30 bits per heavy atom. The van der Waals surface area contributed by atoms with Gasteiger partial charge in [-0.3, -0.25) is 4.55 Å². The van der Waals surface area contributed by atoms with E-state index in [4.69, 9.17) is 9.92 Å². The van der Waals surface area contributed by atoms with Gasteiger partial charge in [0.15, 0.2) is 0 Å². The zero-order chi connectivity index (χ0) is 31.4. The van der Waals surface area contributed by atoms with Crippen molar-refractivity contribution < 1.29 is 22.3 Å². The van der Waals surface area contributed by atoms with Gasteiger partial charge in [-0.05, 0) is 162 Å². The maximum atomic E-state index is 11.8. The molecule has 8 nitrogen and oxygen atoms in total. The molecule has 4 saturated carbocycles. The second kappa shape index (κ2) is 15.1. The maximum absolute atomic E-state index is 11.8. The van der Waals surface area contributed by atoms with Crippen molar-refractivity contribution in [2.24, 2.45) is 58.0 Å². The zero-order valence-corrected chi connectivity index (χ0v) is 28.7. The molecule has 4 aliphatic rings. The van der Waals surface area contributed by atoms with Crippen molar-refractivity contribution in [2.75, 3.05) is 26.2 Å². The van der Waals surface area contributed by atoms with Gasteiger partial charge in [-0.2, -0.15) is 8.42 Å². The zero-order valence-electron chi connectivity index (χ0n) is 27.9. The summed E-state index contributed by atoms with van der Waals surface area (Å²) in [6, 6.07) is 0.573. The SMILES string of the molecule is CC(C)[C@@H](CC[C@@H](C)[C@H]1CC[C@H]2C3C(O)C[C@H]4C[C@@H](NCCCNCCCCN)CC[C@]4(C)[C@H]3CC[C@]12C)OS(=O)(=O)O. The molecule has 9 heteroatoms. The lowest BCUT2D eigenvalue weighted by molar-refractivity contribution is -0.167. The Hall–Kier alpha value is -0.290. The molecule has 0 spiro atoms. The van der Waals surface area contributed by atoms with Crippen molar-refractivity contribution in [1.29, 1.82) is 0 Å². The molecule has 6 N–H and O–H groups in total. The number of aliphatic hydroxyl groups excluding tert-OH is 1. The lowest BCUT2D eigenvalue weighted by Crippen LogP contribution is -2.59. The van der Waals surface area contributed by atoms with Gasteiger partial charge in [-0.1, -0.05) is 34.6 Å². The lowest BCUT2D eigenvalue weighted by atomic mass is 9.43. The maximum Gasteiger partial charge on any atom is 0.397 e. The Kier molecular flexibility index (Phi) is 12.5. The molecule has 0 aromatic carbocycles. The van der Waals surface area contributed by atoms with Gasteiger partial charge in [-0.15, -0.1) is 0 Å². The molecule has 0 aromatic rings. The van der Waals surface area contributed by atoms with Crippen LogP contribution in [-0.2, 0) is 14.6 Å². The van der Waals surface area contributed by atoms with Crippen molar-refractivity contribution in [1.82, 2.24) is 10.6 Å².